The Kier molecular flexibility index (Phi) is 5.49. The van der Waals surface area contributed by atoms with Gasteiger partial charge in [-0.05, 0) is 38.6 Å². The fourth-order valence-corrected chi connectivity index (χ4v) is 1.60. The SMILES string of the molecule is CCOC(=O)C(NC)c1cccc(OCC)c1. The van der Waals surface area contributed by atoms with Gasteiger partial charge in [-0.15, -0.1) is 0 Å². The minimum atomic E-state index is -0.449. The van der Waals surface area contributed by atoms with E-state index >= 15 is 0 Å². The van der Waals surface area contributed by atoms with Crippen molar-refractivity contribution in [3.63, 3.8) is 0 Å². The molecular formula is C13H19NO3. The maximum absolute atomic E-state index is 11.7. The van der Waals surface area contributed by atoms with Crippen molar-refractivity contribution in [1.29, 1.82) is 0 Å². The molecule has 0 saturated heterocycles. The van der Waals surface area contributed by atoms with Crippen LogP contribution in [0, 0.1) is 0 Å². The maximum atomic E-state index is 11.7. The lowest BCUT2D eigenvalue weighted by atomic mass is 10.1. The molecule has 4 nitrogen and oxygen atoms in total. The number of hydrogen-bond donors (Lipinski definition) is 1. The van der Waals surface area contributed by atoms with E-state index in [1.807, 2.05) is 31.2 Å². The number of benzene rings is 1. The zero-order valence-corrected chi connectivity index (χ0v) is 10.5. The molecular weight excluding hydrogens is 218 g/mol. The van der Waals surface area contributed by atoms with Crippen molar-refractivity contribution in [2.75, 3.05) is 20.3 Å². The van der Waals surface area contributed by atoms with Crippen LogP contribution in [0.2, 0.25) is 0 Å². The van der Waals surface area contributed by atoms with Crippen LogP contribution in [0.25, 0.3) is 0 Å². The Balaban J connectivity index is 2.87. The number of likely N-dealkylation sites (N-methyl/N-ethyl adjacent to an activating group) is 1. The van der Waals surface area contributed by atoms with E-state index in [-0.39, 0.29) is 5.97 Å². The van der Waals surface area contributed by atoms with Gasteiger partial charge in [0.15, 0.2) is 0 Å². The van der Waals surface area contributed by atoms with E-state index in [0.29, 0.717) is 13.2 Å². The number of hydrogen-bond acceptors (Lipinski definition) is 4. The fraction of sp³-hybridized carbons (Fsp3) is 0.462. The summed E-state index contributed by atoms with van der Waals surface area (Å²) in [4.78, 5) is 11.7. The molecule has 0 bridgehead atoms. The quantitative estimate of drug-likeness (QED) is 0.768. The minimum absolute atomic E-state index is 0.274. The first-order valence-corrected chi connectivity index (χ1v) is 5.79. The largest absolute Gasteiger partial charge is 0.494 e. The molecule has 1 rings (SSSR count). The van der Waals surface area contributed by atoms with Crippen LogP contribution < -0.4 is 10.1 Å². The van der Waals surface area contributed by atoms with E-state index in [0.717, 1.165) is 11.3 Å². The van der Waals surface area contributed by atoms with Crippen LogP contribution in [-0.2, 0) is 9.53 Å². The average Bonchev–Trinajstić information content (AvgIpc) is 2.31. The molecule has 0 aliphatic carbocycles. The second kappa shape index (κ2) is 6.91. The first-order chi connectivity index (χ1) is 8.22. The zero-order valence-electron chi connectivity index (χ0n) is 10.5. The molecule has 1 atom stereocenters. The second-order valence-electron chi connectivity index (χ2n) is 3.48. The van der Waals surface area contributed by atoms with E-state index < -0.39 is 6.04 Å². The van der Waals surface area contributed by atoms with Crippen LogP contribution in [0.15, 0.2) is 24.3 Å². The summed E-state index contributed by atoms with van der Waals surface area (Å²) >= 11 is 0. The van der Waals surface area contributed by atoms with Gasteiger partial charge in [0.2, 0.25) is 0 Å². The van der Waals surface area contributed by atoms with Crippen LogP contribution in [0.1, 0.15) is 25.5 Å². The smallest absolute Gasteiger partial charge is 0.327 e. The molecule has 0 aliphatic rings. The van der Waals surface area contributed by atoms with Gasteiger partial charge >= 0.3 is 5.97 Å². The minimum Gasteiger partial charge on any atom is -0.494 e. The molecule has 0 fully saturated rings. The molecule has 94 valence electrons. The van der Waals surface area contributed by atoms with E-state index in [2.05, 4.69) is 5.32 Å². The van der Waals surface area contributed by atoms with Crippen molar-refractivity contribution in [2.24, 2.45) is 0 Å². The number of rotatable bonds is 6. The van der Waals surface area contributed by atoms with Crippen molar-refractivity contribution in [2.45, 2.75) is 19.9 Å². The molecule has 1 aromatic carbocycles. The fourth-order valence-electron chi connectivity index (χ4n) is 1.60. The second-order valence-corrected chi connectivity index (χ2v) is 3.48. The normalized spacial score (nSPS) is 11.9. The number of carbonyl (C=O) groups excluding carboxylic acids is 1. The Morgan fingerprint density at radius 3 is 2.71 bits per heavy atom. The molecule has 0 heterocycles. The lowest BCUT2D eigenvalue weighted by Gasteiger charge is -2.15. The highest BCUT2D eigenvalue weighted by Crippen LogP contribution is 2.20. The topological polar surface area (TPSA) is 47.6 Å². The van der Waals surface area contributed by atoms with Crippen LogP contribution in [0.4, 0.5) is 0 Å². The first kappa shape index (κ1) is 13.5. The summed E-state index contributed by atoms with van der Waals surface area (Å²) in [5.74, 6) is 0.484. The predicted molar refractivity (Wildman–Crippen MR) is 66.0 cm³/mol. The van der Waals surface area contributed by atoms with Gasteiger partial charge in [-0.1, -0.05) is 12.1 Å². The van der Waals surface area contributed by atoms with Crippen LogP contribution >= 0.6 is 0 Å². The van der Waals surface area contributed by atoms with E-state index in [1.165, 1.54) is 0 Å². The molecule has 0 saturated carbocycles. The standard InChI is InChI=1S/C13H19NO3/c1-4-16-11-8-6-7-10(9-11)12(14-3)13(15)17-5-2/h6-9,12,14H,4-5H2,1-3H3. The van der Waals surface area contributed by atoms with Gasteiger partial charge in [-0.3, -0.25) is 0 Å². The van der Waals surface area contributed by atoms with Gasteiger partial charge in [-0.25, -0.2) is 4.79 Å². The van der Waals surface area contributed by atoms with Crippen LogP contribution in [0.5, 0.6) is 5.75 Å². The van der Waals surface area contributed by atoms with Crippen molar-refractivity contribution >= 4 is 5.97 Å². The highest BCUT2D eigenvalue weighted by Gasteiger charge is 2.20. The molecule has 0 aliphatic heterocycles. The molecule has 17 heavy (non-hydrogen) atoms. The molecule has 0 aromatic heterocycles. The summed E-state index contributed by atoms with van der Waals surface area (Å²) in [5.41, 5.74) is 0.844. The molecule has 1 aromatic rings. The predicted octanol–water partition coefficient (Wildman–Crippen LogP) is 1.91. The Morgan fingerprint density at radius 1 is 1.35 bits per heavy atom. The first-order valence-electron chi connectivity index (χ1n) is 5.79. The molecule has 0 radical (unpaired) electrons. The Morgan fingerprint density at radius 2 is 2.12 bits per heavy atom. The van der Waals surface area contributed by atoms with Crippen molar-refractivity contribution in [3.05, 3.63) is 29.8 Å². The lowest BCUT2D eigenvalue weighted by Crippen LogP contribution is -2.27. The number of nitrogens with one attached hydrogen (secondary N) is 1. The van der Waals surface area contributed by atoms with E-state index in [9.17, 15) is 4.79 Å². The van der Waals surface area contributed by atoms with Crippen molar-refractivity contribution in [1.82, 2.24) is 5.32 Å². The number of esters is 1. The highest BCUT2D eigenvalue weighted by molar-refractivity contribution is 5.77. The Bertz CT molecular complexity index is 365. The van der Waals surface area contributed by atoms with Crippen LogP contribution in [-0.4, -0.2) is 26.2 Å². The summed E-state index contributed by atoms with van der Waals surface area (Å²) in [6.45, 7) is 4.70. The van der Waals surface area contributed by atoms with Gasteiger partial charge < -0.3 is 14.8 Å². The maximum Gasteiger partial charge on any atom is 0.327 e. The van der Waals surface area contributed by atoms with Gasteiger partial charge in [0.1, 0.15) is 11.8 Å². The molecule has 4 heteroatoms. The van der Waals surface area contributed by atoms with Gasteiger partial charge in [0.25, 0.3) is 0 Å². The molecule has 0 amide bonds. The monoisotopic (exact) mass is 237 g/mol. The van der Waals surface area contributed by atoms with Gasteiger partial charge in [0, 0.05) is 0 Å². The van der Waals surface area contributed by atoms with E-state index in [4.69, 9.17) is 9.47 Å². The van der Waals surface area contributed by atoms with Gasteiger partial charge in [-0.2, -0.15) is 0 Å². The molecule has 0 spiro atoms. The summed E-state index contributed by atoms with van der Waals surface area (Å²) in [5, 5.41) is 2.94. The Labute approximate surface area is 102 Å². The third-order valence-electron chi connectivity index (χ3n) is 2.31. The van der Waals surface area contributed by atoms with Crippen LogP contribution in [0.3, 0.4) is 0 Å². The average molecular weight is 237 g/mol. The highest BCUT2D eigenvalue weighted by atomic mass is 16.5. The third kappa shape index (κ3) is 3.75. The van der Waals surface area contributed by atoms with E-state index in [1.54, 1.807) is 14.0 Å². The molecule has 1 unspecified atom stereocenters. The van der Waals surface area contributed by atoms with Gasteiger partial charge in [0.05, 0.1) is 13.2 Å². The zero-order chi connectivity index (χ0) is 12.7. The summed E-state index contributed by atoms with van der Waals surface area (Å²) < 4.78 is 10.4. The lowest BCUT2D eigenvalue weighted by molar-refractivity contribution is -0.145. The Hall–Kier alpha value is -1.55. The number of ether oxygens (including phenoxy) is 2. The third-order valence-corrected chi connectivity index (χ3v) is 2.31. The van der Waals surface area contributed by atoms with Crippen molar-refractivity contribution in [3.8, 4) is 5.75 Å². The summed E-state index contributed by atoms with van der Waals surface area (Å²) in [6.07, 6.45) is 0. The van der Waals surface area contributed by atoms with Crippen molar-refractivity contribution < 1.29 is 14.3 Å². The summed E-state index contributed by atoms with van der Waals surface area (Å²) in [7, 11) is 1.73. The molecule has 1 N–H and O–H groups in total. The number of carbonyl (C=O) groups is 1. The summed E-state index contributed by atoms with van der Waals surface area (Å²) in [6, 6.07) is 7.01.